The van der Waals surface area contributed by atoms with E-state index in [9.17, 15) is 0 Å². The fraction of sp³-hybridized carbons (Fsp3) is 0.188. The zero-order valence-electron chi connectivity index (χ0n) is 11.9. The van der Waals surface area contributed by atoms with Gasteiger partial charge in [-0.3, -0.25) is 4.98 Å². The molecule has 0 saturated carbocycles. The lowest BCUT2D eigenvalue weighted by atomic mass is 10.2. The molecule has 1 aromatic carbocycles. The summed E-state index contributed by atoms with van der Waals surface area (Å²) in [6.45, 7) is 0.831. The van der Waals surface area contributed by atoms with Gasteiger partial charge < -0.3 is 10.6 Å². The largest absolute Gasteiger partial charge is 0.399 e. The highest BCUT2D eigenvalue weighted by Crippen LogP contribution is 2.24. The first kappa shape index (κ1) is 13.3. The van der Waals surface area contributed by atoms with Crippen molar-refractivity contribution >= 4 is 22.4 Å². The topological polar surface area (TPSA) is 67.9 Å². The van der Waals surface area contributed by atoms with E-state index in [1.807, 2.05) is 49.6 Å². The summed E-state index contributed by atoms with van der Waals surface area (Å²) in [6.07, 6.45) is 4.27. The summed E-state index contributed by atoms with van der Waals surface area (Å²) in [4.78, 5) is 15.1. The number of nitrogens with zero attached hydrogens (tertiary/aromatic N) is 4. The maximum Gasteiger partial charge on any atom is 0.139 e. The summed E-state index contributed by atoms with van der Waals surface area (Å²) >= 11 is 0. The molecule has 0 aliphatic carbocycles. The van der Waals surface area contributed by atoms with Crippen molar-refractivity contribution in [2.75, 3.05) is 24.2 Å². The third kappa shape index (κ3) is 2.91. The van der Waals surface area contributed by atoms with E-state index in [0.717, 1.165) is 41.1 Å². The summed E-state index contributed by atoms with van der Waals surface area (Å²) in [5.41, 5.74) is 8.57. The van der Waals surface area contributed by atoms with Gasteiger partial charge in [0.1, 0.15) is 12.1 Å². The first-order chi connectivity index (χ1) is 10.2. The second-order valence-corrected chi connectivity index (χ2v) is 4.97. The Morgan fingerprint density at radius 3 is 2.81 bits per heavy atom. The highest BCUT2D eigenvalue weighted by molar-refractivity contribution is 5.91. The zero-order chi connectivity index (χ0) is 14.7. The molecule has 5 heteroatoms. The van der Waals surface area contributed by atoms with Crippen molar-refractivity contribution in [2.45, 2.75) is 6.42 Å². The Morgan fingerprint density at radius 2 is 2.00 bits per heavy atom. The Labute approximate surface area is 123 Å². The van der Waals surface area contributed by atoms with Crippen LogP contribution in [0.25, 0.3) is 10.9 Å². The van der Waals surface area contributed by atoms with E-state index in [1.165, 1.54) is 0 Å². The number of anilines is 2. The highest BCUT2D eigenvalue weighted by Gasteiger charge is 2.09. The van der Waals surface area contributed by atoms with Crippen LogP contribution in [-0.2, 0) is 6.42 Å². The molecule has 0 bridgehead atoms. The van der Waals surface area contributed by atoms with Gasteiger partial charge >= 0.3 is 0 Å². The average molecular weight is 279 g/mol. The first-order valence-corrected chi connectivity index (χ1v) is 6.85. The predicted octanol–water partition coefficient (Wildman–Crippen LogP) is 2.29. The van der Waals surface area contributed by atoms with Gasteiger partial charge in [0.25, 0.3) is 0 Å². The van der Waals surface area contributed by atoms with Crippen LogP contribution in [0, 0.1) is 0 Å². The molecule has 0 radical (unpaired) electrons. The van der Waals surface area contributed by atoms with Crippen LogP contribution in [0.1, 0.15) is 5.69 Å². The number of hydrogen-bond acceptors (Lipinski definition) is 5. The van der Waals surface area contributed by atoms with Crippen molar-refractivity contribution in [3.05, 3.63) is 54.6 Å². The van der Waals surface area contributed by atoms with Crippen molar-refractivity contribution in [1.29, 1.82) is 0 Å². The Morgan fingerprint density at radius 1 is 1.10 bits per heavy atom. The van der Waals surface area contributed by atoms with Gasteiger partial charge in [0.05, 0.1) is 5.52 Å². The van der Waals surface area contributed by atoms with E-state index in [-0.39, 0.29) is 0 Å². The van der Waals surface area contributed by atoms with Gasteiger partial charge in [-0.05, 0) is 30.3 Å². The maximum absolute atomic E-state index is 5.87. The lowest BCUT2D eigenvalue weighted by molar-refractivity contribution is 0.841. The van der Waals surface area contributed by atoms with Gasteiger partial charge in [0.15, 0.2) is 0 Å². The summed E-state index contributed by atoms with van der Waals surface area (Å²) in [5, 5.41) is 0.973. The lowest BCUT2D eigenvalue weighted by Gasteiger charge is -2.19. The molecular formula is C16H17N5. The van der Waals surface area contributed by atoms with Crippen LogP contribution in [-0.4, -0.2) is 28.5 Å². The summed E-state index contributed by atoms with van der Waals surface area (Å²) in [6, 6.07) is 11.7. The van der Waals surface area contributed by atoms with Crippen molar-refractivity contribution in [3.8, 4) is 0 Å². The van der Waals surface area contributed by atoms with Gasteiger partial charge in [-0.15, -0.1) is 0 Å². The Balaban J connectivity index is 1.84. The molecule has 0 unspecified atom stereocenters. The van der Waals surface area contributed by atoms with Crippen molar-refractivity contribution in [2.24, 2.45) is 0 Å². The molecular weight excluding hydrogens is 262 g/mol. The van der Waals surface area contributed by atoms with E-state index in [2.05, 4.69) is 19.9 Å². The van der Waals surface area contributed by atoms with Gasteiger partial charge in [-0.1, -0.05) is 6.07 Å². The van der Waals surface area contributed by atoms with E-state index in [1.54, 1.807) is 6.33 Å². The number of likely N-dealkylation sites (N-methyl/N-ethyl adjacent to an activating group) is 1. The SMILES string of the molecule is CN(CCc1ccccn1)c1ncnc2ccc(N)cc12. The summed E-state index contributed by atoms with van der Waals surface area (Å²) in [7, 11) is 2.02. The molecule has 0 amide bonds. The van der Waals surface area contributed by atoms with Crippen LogP contribution in [0.3, 0.4) is 0 Å². The molecule has 3 aromatic rings. The number of benzene rings is 1. The van der Waals surface area contributed by atoms with Crippen LogP contribution < -0.4 is 10.6 Å². The van der Waals surface area contributed by atoms with Crippen LogP contribution in [0.2, 0.25) is 0 Å². The number of nitrogens with two attached hydrogens (primary N) is 1. The molecule has 0 aliphatic rings. The van der Waals surface area contributed by atoms with Crippen LogP contribution in [0.5, 0.6) is 0 Å². The Bertz CT molecular complexity index is 742. The average Bonchev–Trinajstić information content (AvgIpc) is 2.53. The molecule has 21 heavy (non-hydrogen) atoms. The first-order valence-electron chi connectivity index (χ1n) is 6.85. The molecule has 0 saturated heterocycles. The number of pyridine rings is 1. The summed E-state index contributed by atoms with van der Waals surface area (Å²) < 4.78 is 0. The van der Waals surface area contributed by atoms with Crippen LogP contribution >= 0.6 is 0 Å². The molecule has 106 valence electrons. The van der Waals surface area contributed by atoms with E-state index < -0.39 is 0 Å². The third-order valence-electron chi connectivity index (χ3n) is 3.43. The molecule has 0 fully saturated rings. The lowest BCUT2D eigenvalue weighted by Crippen LogP contribution is -2.22. The van der Waals surface area contributed by atoms with E-state index in [0.29, 0.717) is 0 Å². The second-order valence-electron chi connectivity index (χ2n) is 4.97. The smallest absolute Gasteiger partial charge is 0.139 e. The number of fused-ring (bicyclic) bond motifs is 1. The molecule has 5 nitrogen and oxygen atoms in total. The van der Waals surface area contributed by atoms with Crippen molar-refractivity contribution in [1.82, 2.24) is 15.0 Å². The summed E-state index contributed by atoms with van der Waals surface area (Å²) in [5.74, 6) is 0.892. The van der Waals surface area contributed by atoms with Gasteiger partial charge in [0.2, 0.25) is 0 Å². The number of aromatic nitrogens is 3. The Hall–Kier alpha value is -2.69. The highest BCUT2D eigenvalue weighted by atomic mass is 15.2. The molecule has 2 heterocycles. The maximum atomic E-state index is 5.87. The molecule has 0 spiro atoms. The standard InChI is InChI=1S/C16H17N5/c1-21(9-7-13-4-2-3-8-18-13)16-14-10-12(17)5-6-15(14)19-11-20-16/h2-6,8,10-11H,7,9,17H2,1H3. The fourth-order valence-electron chi connectivity index (χ4n) is 2.30. The fourth-order valence-corrected chi connectivity index (χ4v) is 2.30. The minimum absolute atomic E-state index is 0.719. The Kier molecular flexibility index (Phi) is 3.64. The van der Waals surface area contributed by atoms with Crippen molar-refractivity contribution < 1.29 is 0 Å². The minimum atomic E-state index is 0.719. The van der Waals surface area contributed by atoms with E-state index in [4.69, 9.17) is 5.73 Å². The number of hydrogen-bond donors (Lipinski definition) is 1. The predicted molar refractivity (Wildman–Crippen MR) is 85.2 cm³/mol. The molecule has 3 rings (SSSR count). The van der Waals surface area contributed by atoms with Crippen LogP contribution in [0.4, 0.5) is 11.5 Å². The van der Waals surface area contributed by atoms with Gasteiger partial charge in [-0.2, -0.15) is 0 Å². The van der Waals surface area contributed by atoms with Crippen LogP contribution in [0.15, 0.2) is 48.9 Å². The molecule has 2 aromatic heterocycles. The monoisotopic (exact) mass is 279 g/mol. The van der Waals surface area contributed by atoms with E-state index >= 15 is 0 Å². The van der Waals surface area contributed by atoms with Gasteiger partial charge in [-0.25, -0.2) is 9.97 Å². The normalized spacial score (nSPS) is 10.7. The quantitative estimate of drug-likeness (QED) is 0.742. The molecule has 2 N–H and O–H groups in total. The molecule has 0 atom stereocenters. The minimum Gasteiger partial charge on any atom is -0.399 e. The van der Waals surface area contributed by atoms with Gasteiger partial charge in [0, 0.05) is 43.0 Å². The molecule has 0 aliphatic heterocycles. The number of rotatable bonds is 4. The second kappa shape index (κ2) is 5.75. The number of nitrogen functional groups attached to an aromatic ring is 1. The zero-order valence-corrected chi connectivity index (χ0v) is 11.9. The third-order valence-corrected chi connectivity index (χ3v) is 3.43. The van der Waals surface area contributed by atoms with Crippen molar-refractivity contribution in [3.63, 3.8) is 0 Å².